The smallest absolute Gasteiger partial charge is 0.233 e. The Kier molecular flexibility index (Phi) is 2.34. The largest absolute Gasteiger partial charge is 0.621 e. The third-order valence-corrected chi connectivity index (χ3v) is 5.16. The van der Waals surface area contributed by atoms with Gasteiger partial charge < -0.3 is 0 Å². The number of aromatic nitrogens is 4. The van der Waals surface area contributed by atoms with E-state index in [0.717, 1.165) is 34.6 Å². The van der Waals surface area contributed by atoms with Gasteiger partial charge in [-0.15, -0.1) is 9.16 Å². The molecule has 0 aliphatic carbocycles. The Balaban J connectivity index is 1.93. The SMILES string of the molecule is [B][n+]1c(-c2ccccc2)[n+]2c3c4c(cccc4c4cccnc4n31)C2. The maximum atomic E-state index is 6.58. The minimum atomic E-state index is 0.820. The highest BCUT2D eigenvalue weighted by Crippen LogP contribution is 2.33. The topological polar surface area (TPSA) is 25.1 Å². The fourth-order valence-electron chi connectivity index (χ4n) is 4.17. The fraction of sp³-hybridized carbons (Fsp3) is 0.0500. The number of pyridine rings is 2. The first-order chi connectivity index (χ1) is 12.3. The summed E-state index contributed by atoms with van der Waals surface area (Å²) in [6.07, 6.45) is 1.82. The van der Waals surface area contributed by atoms with Crippen molar-refractivity contribution in [2.24, 2.45) is 0 Å². The second-order valence-electron chi connectivity index (χ2n) is 6.47. The lowest BCUT2D eigenvalue weighted by molar-refractivity contribution is -0.711. The van der Waals surface area contributed by atoms with Gasteiger partial charge in [-0.2, -0.15) is 0 Å². The molecule has 2 radical (unpaired) electrons. The molecule has 0 atom stereocenters. The summed E-state index contributed by atoms with van der Waals surface area (Å²) in [5.74, 6) is 0.983. The van der Waals surface area contributed by atoms with Gasteiger partial charge in [0.2, 0.25) is 5.65 Å². The molecule has 2 aromatic carbocycles. The molecule has 0 fully saturated rings. The van der Waals surface area contributed by atoms with Crippen LogP contribution in [0.5, 0.6) is 0 Å². The van der Waals surface area contributed by atoms with E-state index in [4.69, 9.17) is 7.98 Å². The molecule has 114 valence electrons. The minimum absolute atomic E-state index is 0.820. The second kappa shape index (κ2) is 4.45. The Hall–Kier alpha value is -3.21. The van der Waals surface area contributed by atoms with E-state index in [9.17, 15) is 0 Å². The monoisotopic (exact) mass is 320 g/mol. The maximum absolute atomic E-state index is 6.58. The van der Waals surface area contributed by atoms with E-state index in [1.807, 2.05) is 35.0 Å². The quantitative estimate of drug-likeness (QED) is 0.259. The van der Waals surface area contributed by atoms with Gasteiger partial charge in [-0.3, -0.25) is 0 Å². The first kappa shape index (κ1) is 13.1. The van der Waals surface area contributed by atoms with Gasteiger partial charge in [-0.25, -0.2) is 4.98 Å². The lowest BCUT2D eigenvalue weighted by atomic mass is 10.0. The molecule has 5 aromatic rings. The van der Waals surface area contributed by atoms with E-state index >= 15 is 0 Å². The number of benzene rings is 2. The molecule has 25 heavy (non-hydrogen) atoms. The van der Waals surface area contributed by atoms with Gasteiger partial charge in [0.15, 0.2) is 6.54 Å². The molecule has 4 nitrogen and oxygen atoms in total. The van der Waals surface area contributed by atoms with Crippen LogP contribution in [0.15, 0.2) is 66.9 Å². The Morgan fingerprint density at radius 3 is 2.64 bits per heavy atom. The highest BCUT2D eigenvalue weighted by atomic mass is 15.4. The van der Waals surface area contributed by atoms with E-state index in [1.165, 1.54) is 16.3 Å². The molecule has 0 amide bonds. The molecule has 6 rings (SSSR count). The summed E-state index contributed by atoms with van der Waals surface area (Å²) in [5.41, 5.74) is 4.41. The van der Waals surface area contributed by atoms with E-state index in [-0.39, 0.29) is 0 Å². The van der Waals surface area contributed by atoms with Crippen molar-refractivity contribution < 1.29 is 9.16 Å². The van der Waals surface area contributed by atoms with Crippen LogP contribution in [0, 0.1) is 0 Å². The van der Waals surface area contributed by atoms with Crippen LogP contribution in [-0.4, -0.2) is 17.5 Å². The summed E-state index contributed by atoms with van der Waals surface area (Å²) in [6.45, 7) is 0.820. The van der Waals surface area contributed by atoms with Crippen LogP contribution >= 0.6 is 0 Å². The third-order valence-electron chi connectivity index (χ3n) is 5.16. The Labute approximate surface area is 145 Å². The van der Waals surface area contributed by atoms with E-state index in [1.54, 1.807) is 4.59 Å². The van der Waals surface area contributed by atoms with Crippen molar-refractivity contribution in [3.05, 3.63) is 72.4 Å². The maximum Gasteiger partial charge on any atom is 0.621 e. The van der Waals surface area contributed by atoms with Crippen LogP contribution in [0.2, 0.25) is 0 Å². The number of hydrogen-bond donors (Lipinski definition) is 0. The summed E-state index contributed by atoms with van der Waals surface area (Å²) in [5, 5.41) is 3.62. The molecule has 0 N–H and O–H groups in total. The van der Waals surface area contributed by atoms with Crippen molar-refractivity contribution in [1.29, 1.82) is 0 Å². The number of rotatable bonds is 1. The molecule has 1 aliphatic rings. The van der Waals surface area contributed by atoms with Gasteiger partial charge in [0.05, 0.1) is 5.39 Å². The fourth-order valence-corrected chi connectivity index (χ4v) is 4.17. The summed E-state index contributed by atoms with van der Waals surface area (Å²) in [6, 6.07) is 20.9. The number of nitrogens with zero attached hydrogens (tertiary/aromatic N) is 4. The van der Waals surface area contributed by atoms with Crippen molar-refractivity contribution >= 4 is 35.4 Å². The highest BCUT2D eigenvalue weighted by Gasteiger charge is 2.40. The second-order valence-corrected chi connectivity index (χ2v) is 6.47. The first-order valence-electron chi connectivity index (χ1n) is 8.34. The van der Waals surface area contributed by atoms with Crippen molar-refractivity contribution in [2.45, 2.75) is 6.54 Å². The van der Waals surface area contributed by atoms with E-state index < -0.39 is 0 Å². The Bertz CT molecular complexity index is 1310. The predicted octanol–water partition coefficient (Wildman–Crippen LogP) is 2.18. The number of fused-ring (bicyclic) bond motifs is 3. The predicted molar refractivity (Wildman–Crippen MR) is 96.3 cm³/mol. The Morgan fingerprint density at radius 2 is 1.76 bits per heavy atom. The molecule has 0 saturated heterocycles. The molecule has 0 spiro atoms. The molecule has 1 aliphatic heterocycles. The average molecular weight is 320 g/mol. The van der Waals surface area contributed by atoms with Gasteiger partial charge >= 0.3 is 19.5 Å². The zero-order chi connectivity index (χ0) is 16.5. The van der Waals surface area contributed by atoms with E-state index in [2.05, 4.69) is 45.9 Å². The average Bonchev–Trinajstić information content (AvgIpc) is 3.16. The van der Waals surface area contributed by atoms with Crippen LogP contribution in [-0.2, 0) is 6.54 Å². The Morgan fingerprint density at radius 1 is 0.920 bits per heavy atom. The summed E-state index contributed by atoms with van der Waals surface area (Å²) < 4.78 is 6.06. The summed E-state index contributed by atoms with van der Waals surface area (Å²) in [7, 11) is 6.58. The standard InChI is InChI=1S/C20H13BN4/c21-25-19(13-6-2-1-3-7-13)23-12-14-8-4-9-15-16-10-5-11-22-18(16)24(25)20(23)17(14)15/h1-11H,12H2/q+2. The van der Waals surface area contributed by atoms with Crippen molar-refractivity contribution in [2.75, 3.05) is 0 Å². The summed E-state index contributed by atoms with van der Waals surface area (Å²) in [4.78, 5) is 4.64. The highest BCUT2D eigenvalue weighted by molar-refractivity contribution is 6.11. The molecule has 3 aromatic heterocycles. The van der Waals surface area contributed by atoms with Crippen LogP contribution in [0.4, 0.5) is 0 Å². The lowest BCUT2D eigenvalue weighted by Crippen LogP contribution is -2.45. The van der Waals surface area contributed by atoms with Crippen molar-refractivity contribution in [3.8, 4) is 11.4 Å². The van der Waals surface area contributed by atoms with Crippen LogP contribution in [0.1, 0.15) is 5.56 Å². The van der Waals surface area contributed by atoms with Gasteiger partial charge in [0.25, 0.3) is 0 Å². The van der Waals surface area contributed by atoms with Crippen molar-refractivity contribution in [1.82, 2.24) is 9.50 Å². The van der Waals surface area contributed by atoms with Crippen molar-refractivity contribution in [3.63, 3.8) is 0 Å². The normalized spacial score (nSPS) is 12.8. The summed E-state index contributed by atoms with van der Waals surface area (Å²) >= 11 is 0. The zero-order valence-corrected chi connectivity index (χ0v) is 13.4. The van der Waals surface area contributed by atoms with E-state index in [0.29, 0.717) is 0 Å². The molecule has 4 heterocycles. The molecule has 0 unspecified atom stereocenters. The molecular formula is C20H13BN4+2. The van der Waals surface area contributed by atoms with Crippen LogP contribution in [0.3, 0.4) is 0 Å². The van der Waals surface area contributed by atoms with Crippen LogP contribution < -0.4 is 9.16 Å². The first-order valence-corrected chi connectivity index (χ1v) is 8.34. The van der Waals surface area contributed by atoms with Crippen LogP contribution in [0.25, 0.3) is 38.8 Å². The molecule has 5 heteroatoms. The lowest BCUT2D eigenvalue weighted by Gasteiger charge is -2.02. The molecule has 0 bridgehead atoms. The molecule has 0 saturated carbocycles. The molecular weight excluding hydrogens is 307 g/mol. The minimum Gasteiger partial charge on any atom is -0.233 e. The number of hydrogen-bond acceptors (Lipinski definition) is 1. The zero-order valence-electron chi connectivity index (χ0n) is 13.4. The van der Waals surface area contributed by atoms with Gasteiger partial charge in [-0.05, 0) is 24.3 Å². The van der Waals surface area contributed by atoms with Gasteiger partial charge in [0.1, 0.15) is 5.56 Å². The van der Waals surface area contributed by atoms with Gasteiger partial charge in [0, 0.05) is 22.5 Å². The van der Waals surface area contributed by atoms with Gasteiger partial charge in [-0.1, -0.05) is 40.9 Å². The third kappa shape index (κ3) is 1.51.